The van der Waals surface area contributed by atoms with E-state index >= 15 is 0 Å². The fourth-order valence-electron chi connectivity index (χ4n) is 9.30. The summed E-state index contributed by atoms with van der Waals surface area (Å²) < 4.78 is 8.99. The van der Waals surface area contributed by atoms with Gasteiger partial charge in [0.15, 0.2) is 0 Å². The van der Waals surface area contributed by atoms with Crippen LogP contribution in [0.1, 0.15) is 0 Å². The zero-order valence-corrected chi connectivity index (χ0v) is 32.1. The van der Waals surface area contributed by atoms with E-state index in [0.29, 0.717) is 0 Å². The van der Waals surface area contributed by atoms with Gasteiger partial charge in [0, 0.05) is 38.3 Å². The Morgan fingerprint density at radius 2 is 0.881 bits per heavy atom. The van der Waals surface area contributed by atoms with Crippen LogP contribution in [0.15, 0.2) is 223 Å². The van der Waals surface area contributed by atoms with E-state index in [1.807, 2.05) is 0 Å². The third-order valence-electron chi connectivity index (χ3n) is 12.0. The van der Waals surface area contributed by atoms with E-state index in [0.717, 1.165) is 61.2 Å². The molecule has 2 heterocycles. The Bertz CT molecular complexity index is 3500. The molecule has 0 radical (unpaired) electrons. The Hall–Kier alpha value is -7.88. The second-order valence-electron chi connectivity index (χ2n) is 15.3. The van der Waals surface area contributed by atoms with Crippen molar-refractivity contribution in [2.45, 2.75) is 0 Å². The number of aromatic nitrogens is 1. The summed E-state index contributed by atoms with van der Waals surface area (Å²) in [6.07, 6.45) is 0. The van der Waals surface area contributed by atoms with Gasteiger partial charge in [-0.2, -0.15) is 0 Å². The second-order valence-corrected chi connectivity index (χ2v) is 15.3. The molecule has 0 amide bonds. The topological polar surface area (TPSA) is 21.3 Å². The van der Waals surface area contributed by atoms with Gasteiger partial charge in [-0.3, -0.25) is 0 Å². The molecule has 0 aliphatic rings. The van der Waals surface area contributed by atoms with Crippen molar-refractivity contribution in [1.82, 2.24) is 4.57 Å². The van der Waals surface area contributed by atoms with Gasteiger partial charge in [0.05, 0.1) is 22.4 Å². The zero-order chi connectivity index (χ0) is 38.9. The summed E-state index contributed by atoms with van der Waals surface area (Å²) in [5.41, 5.74) is 13.2. The SMILES string of the molecule is c1ccc(-n2c3ccccc3c3ccccc32)c(N(c2ccc(-c3cccc4ccccc34)cc2)c2ccc(-c3cccc4oc5c6ccccc6ccc5c34)cc2)c1. The third kappa shape index (κ3) is 5.29. The molecule has 12 aromatic rings. The Morgan fingerprint density at radius 3 is 1.59 bits per heavy atom. The fraction of sp³-hybridized carbons (Fsp3) is 0. The summed E-state index contributed by atoms with van der Waals surface area (Å²) in [6.45, 7) is 0. The number of nitrogens with zero attached hydrogens (tertiary/aromatic N) is 2. The smallest absolute Gasteiger partial charge is 0.143 e. The van der Waals surface area contributed by atoms with Crippen molar-refractivity contribution in [3.05, 3.63) is 218 Å². The maximum atomic E-state index is 6.57. The van der Waals surface area contributed by atoms with Crippen LogP contribution >= 0.6 is 0 Å². The van der Waals surface area contributed by atoms with Crippen molar-refractivity contribution in [1.29, 1.82) is 0 Å². The number of para-hydroxylation sites is 4. The highest BCUT2D eigenvalue weighted by molar-refractivity contribution is 6.19. The van der Waals surface area contributed by atoms with Crippen LogP contribution in [0.2, 0.25) is 0 Å². The average Bonchev–Trinajstić information content (AvgIpc) is 3.86. The molecule has 0 unspecified atom stereocenters. The fourth-order valence-corrected chi connectivity index (χ4v) is 9.30. The van der Waals surface area contributed by atoms with E-state index in [4.69, 9.17) is 4.42 Å². The number of hydrogen-bond acceptors (Lipinski definition) is 2. The molecule has 12 rings (SSSR count). The van der Waals surface area contributed by atoms with Crippen LogP contribution < -0.4 is 4.90 Å². The molecule has 0 saturated carbocycles. The van der Waals surface area contributed by atoms with Crippen LogP contribution in [-0.4, -0.2) is 4.57 Å². The molecule has 0 saturated heterocycles. The van der Waals surface area contributed by atoms with Crippen LogP contribution in [0.4, 0.5) is 17.1 Å². The molecule has 10 aromatic carbocycles. The van der Waals surface area contributed by atoms with Gasteiger partial charge in [0.2, 0.25) is 0 Å². The minimum Gasteiger partial charge on any atom is -0.455 e. The maximum absolute atomic E-state index is 6.57. The average molecular weight is 753 g/mol. The largest absolute Gasteiger partial charge is 0.455 e. The molecular formula is C56H36N2O. The molecule has 0 fully saturated rings. The molecule has 3 heteroatoms. The summed E-state index contributed by atoms with van der Waals surface area (Å²) in [5.74, 6) is 0. The van der Waals surface area contributed by atoms with Crippen molar-refractivity contribution in [3.63, 3.8) is 0 Å². The highest BCUT2D eigenvalue weighted by Gasteiger charge is 2.21. The number of hydrogen-bond donors (Lipinski definition) is 0. The quantitative estimate of drug-likeness (QED) is 0.169. The van der Waals surface area contributed by atoms with E-state index in [-0.39, 0.29) is 0 Å². The summed E-state index contributed by atoms with van der Waals surface area (Å²) in [7, 11) is 0. The number of anilines is 3. The van der Waals surface area contributed by atoms with E-state index in [1.165, 1.54) is 49.1 Å². The first-order valence-electron chi connectivity index (χ1n) is 20.2. The van der Waals surface area contributed by atoms with E-state index < -0.39 is 0 Å². The first-order chi connectivity index (χ1) is 29.3. The molecule has 3 nitrogen and oxygen atoms in total. The molecule has 0 atom stereocenters. The molecule has 0 bridgehead atoms. The maximum Gasteiger partial charge on any atom is 0.143 e. The minimum atomic E-state index is 0.894. The molecular weight excluding hydrogens is 717 g/mol. The lowest BCUT2D eigenvalue weighted by Gasteiger charge is -2.28. The summed E-state index contributed by atoms with van der Waals surface area (Å²) in [5, 5.41) is 9.54. The number of fused-ring (bicyclic) bond motifs is 9. The molecule has 0 aliphatic heterocycles. The predicted molar refractivity (Wildman–Crippen MR) is 249 cm³/mol. The van der Waals surface area contributed by atoms with Gasteiger partial charge in [-0.25, -0.2) is 0 Å². The van der Waals surface area contributed by atoms with Gasteiger partial charge in [-0.15, -0.1) is 0 Å². The summed E-state index contributed by atoms with van der Waals surface area (Å²) in [4.78, 5) is 2.40. The zero-order valence-electron chi connectivity index (χ0n) is 32.1. The number of rotatable bonds is 6. The van der Waals surface area contributed by atoms with Gasteiger partial charge in [-0.05, 0) is 99.1 Å². The molecule has 2 aromatic heterocycles. The number of furan rings is 1. The van der Waals surface area contributed by atoms with Crippen LogP contribution in [0.3, 0.4) is 0 Å². The minimum absolute atomic E-state index is 0.894. The van der Waals surface area contributed by atoms with Gasteiger partial charge < -0.3 is 13.9 Å². The lowest BCUT2D eigenvalue weighted by Crippen LogP contribution is -2.13. The van der Waals surface area contributed by atoms with Gasteiger partial charge in [-0.1, -0.05) is 158 Å². The lowest BCUT2D eigenvalue weighted by molar-refractivity contribution is 0.673. The lowest BCUT2D eigenvalue weighted by atomic mass is 9.97. The van der Waals surface area contributed by atoms with Crippen molar-refractivity contribution < 1.29 is 4.42 Å². The summed E-state index contributed by atoms with van der Waals surface area (Å²) in [6, 6.07) is 78.7. The standard InChI is InChI=1S/C56H36N2O/c1-3-16-43-37(13-1)15-11-20-44(43)39-27-32-41(33-28-39)57(52-24-9-10-25-53(52)58-50-22-7-5-18-47(50)48-19-6-8-23-51(48)58)42-34-29-40(30-35-42)45-21-12-26-54-55(45)49-36-31-38-14-2-4-17-46(38)56(49)59-54/h1-36H. The highest BCUT2D eigenvalue weighted by Crippen LogP contribution is 2.44. The third-order valence-corrected chi connectivity index (χ3v) is 12.0. The monoisotopic (exact) mass is 752 g/mol. The van der Waals surface area contributed by atoms with Gasteiger partial charge in [0.1, 0.15) is 11.2 Å². The Labute approximate surface area is 341 Å². The van der Waals surface area contributed by atoms with Crippen LogP contribution in [0.5, 0.6) is 0 Å². The Morgan fingerprint density at radius 1 is 0.356 bits per heavy atom. The normalized spacial score (nSPS) is 11.7. The molecule has 0 aliphatic carbocycles. The second kappa shape index (κ2) is 13.4. The van der Waals surface area contributed by atoms with Crippen LogP contribution in [-0.2, 0) is 0 Å². The molecule has 59 heavy (non-hydrogen) atoms. The van der Waals surface area contributed by atoms with Crippen molar-refractivity contribution >= 4 is 82.4 Å². The van der Waals surface area contributed by atoms with E-state index in [1.54, 1.807) is 0 Å². The Balaban J connectivity index is 1.04. The van der Waals surface area contributed by atoms with Crippen molar-refractivity contribution in [3.8, 4) is 27.9 Å². The van der Waals surface area contributed by atoms with Crippen LogP contribution in [0, 0.1) is 0 Å². The first-order valence-corrected chi connectivity index (χ1v) is 20.2. The first kappa shape index (κ1) is 33.3. The predicted octanol–water partition coefficient (Wildman–Crippen LogP) is 15.8. The summed E-state index contributed by atoms with van der Waals surface area (Å²) >= 11 is 0. The Kier molecular flexibility index (Phi) is 7.54. The van der Waals surface area contributed by atoms with Gasteiger partial charge in [0.25, 0.3) is 0 Å². The molecule has 276 valence electrons. The van der Waals surface area contributed by atoms with E-state index in [2.05, 4.69) is 228 Å². The van der Waals surface area contributed by atoms with E-state index in [9.17, 15) is 0 Å². The van der Waals surface area contributed by atoms with Crippen molar-refractivity contribution in [2.24, 2.45) is 0 Å². The molecule has 0 spiro atoms. The molecule has 0 N–H and O–H groups in total. The number of benzene rings is 10. The van der Waals surface area contributed by atoms with Gasteiger partial charge >= 0.3 is 0 Å². The van der Waals surface area contributed by atoms with Crippen molar-refractivity contribution in [2.75, 3.05) is 4.90 Å². The highest BCUT2D eigenvalue weighted by atomic mass is 16.3. The van der Waals surface area contributed by atoms with Crippen LogP contribution in [0.25, 0.3) is 93.2 Å².